The molecular weight excluding hydrogens is 504 g/mol. The molecule has 5 heteroatoms. The zero-order valence-corrected chi connectivity index (χ0v) is 21.9. The fourth-order valence-corrected chi connectivity index (χ4v) is 5.41. The number of hydrogen-bond donors (Lipinski definition) is 0. The first kappa shape index (κ1) is 23.2. The molecule has 0 radical (unpaired) electrons. The molecule has 3 heterocycles. The van der Waals surface area contributed by atoms with Crippen molar-refractivity contribution < 1.29 is 4.42 Å². The quantitative estimate of drug-likeness (QED) is 0.229. The van der Waals surface area contributed by atoms with Crippen LogP contribution in [0.3, 0.4) is 0 Å². The van der Waals surface area contributed by atoms with E-state index in [-0.39, 0.29) is 0 Å². The van der Waals surface area contributed by atoms with E-state index in [4.69, 9.17) is 24.4 Å². The van der Waals surface area contributed by atoms with Gasteiger partial charge in [-0.3, -0.25) is 0 Å². The van der Waals surface area contributed by atoms with Crippen molar-refractivity contribution in [2.75, 3.05) is 0 Å². The zero-order chi connectivity index (χ0) is 27.2. The van der Waals surface area contributed by atoms with E-state index in [0.29, 0.717) is 23.2 Å². The lowest BCUT2D eigenvalue weighted by Crippen LogP contribution is -2.01. The molecule has 0 fully saturated rings. The third kappa shape index (κ3) is 4.03. The van der Waals surface area contributed by atoms with Crippen LogP contribution in [-0.4, -0.2) is 19.9 Å². The highest BCUT2D eigenvalue weighted by atomic mass is 16.3. The van der Waals surface area contributed by atoms with Crippen LogP contribution in [0.1, 0.15) is 0 Å². The van der Waals surface area contributed by atoms with Crippen molar-refractivity contribution in [2.45, 2.75) is 0 Å². The fraction of sp³-hybridized carbons (Fsp3) is 0. The number of pyridine rings is 1. The van der Waals surface area contributed by atoms with Crippen LogP contribution in [0.2, 0.25) is 0 Å². The van der Waals surface area contributed by atoms with Gasteiger partial charge in [-0.1, -0.05) is 115 Å². The summed E-state index contributed by atoms with van der Waals surface area (Å²) >= 11 is 0. The second-order valence-corrected chi connectivity index (χ2v) is 9.90. The highest BCUT2D eigenvalue weighted by molar-refractivity contribution is 6.17. The molecule has 192 valence electrons. The summed E-state index contributed by atoms with van der Waals surface area (Å²) < 4.78 is 6.23. The molecule has 0 saturated carbocycles. The molecule has 0 aliphatic rings. The number of para-hydroxylation sites is 2. The van der Waals surface area contributed by atoms with E-state index in [1.807, 2.05) is 97.1 Å². The number of aromatic nitrogens is 4. The van der Waals surface area contributed by atoms with Crippen LogP contribution in [0, 0.1) is 0 Å². The van der Waals surface area contributed by atoms with Crippen LogP contribution >= 0.6 is 0 Å². The topological polar surface area (TPSA) is 64.7 Å². The summed E-state index contributed by atoms with van der Waals surface area (Å²) in [6.07, 6.45) is 0. The van der Waals surface area contributed by atoms with Gasteiger partial charge in [0.1, 0.15) is 5.58 Å². The van der Waals surface area contributed by atoms with Gasteiger partial charge in [0, 0.05) is 27.5 Å². The van der Waals surface area contributed by atoms with Gasteiger partial charge in [0.2, 0.25) is 5.71 Å². The van der Waals surface area contributed by atoms with E-state index in [0.717, 1.165) is 55.1 Å². The van der Waals surface area contributed by atoms with Crippen molar-refractivity contribution in [3.8, 4) is 45.3 Å². The maximum absolute atomic E-state index is 6.23. The van der Waals surface area contributed by atoms with Gasteiger partial charge < -0.3 is 4.42 Å². The molecule has 3 aromatic heterocycles. The van der Waals surface area contributed by atoms with Crippen molar-refractivity contribution in [3.63, 3.8) is 0 Å². The van der Waals surface area contributed by atoms with Crippen LogP contribution in [0.4, 0.5) is 0 Å². The van der Waals surface area contributed by atoms with Crippen molar-refractivity contribution in [1.82, 2.24) is 19.9 Å². The standard InChI is InChI=1S/C36H22N4O/c1-3-12-23(13-4-1)25-16-11-17-26(22-25)34-38-33(24-14-5-2-6-15-24)39-35(40-34)31-27-18-7-9-20-29(27)37-36-32(31)28-19-8-10-21-30(28)41-36/h1-22H. The lowest BCUT2D eigenvalue weighted by Gasteiger charge is -2.12. The Morgan fingerprint density at radius 2 is 1.00 bits per heavy atom. The van der Waals surface area contributed by atoms with Gasteiger partial charge in [-0.15, -0.1) is 0 Å². The maximum atomic E-state index is 6.23. The van der Waals surface area contributed by atoms with Crippen LogP contribution < -0.4 is 0 Å². The average Bonchev–Trinajstić information content (AvgIpc) is 3.42. The van der Waals surface area contributed by atoms with Crippen LogP contribution in [0.15, 0.2) is 138 Å². The van der Waals surface area contributed by atoms with E-state index in [1.54, 1.807) is 0 Å². The lowest BCUT2D eigenvalue weighted by molar-refractivity contribution is 0.656. The molecule has 0 saturated heterocycles. The van der Waals surface area contributed by atoms with Gasteiger partial charge in [-0.2, -0.15) is 0 Å². The Labute approximate surface area is 235 Å². The van der Waals surface area contributed by atoms with E-state index in [9.17, 15) is 0 Å². The van der Waals surface area contributed by atoms with Crippen molar-refractivity contribution in [3.05, 3.63) is 133 Å². The number of fused-ring (bicyclic) bond motifs is 4. The van der Waals surface area contributed by atoms with E-state index in [1.165, 1.54) is 0 Å². The van der Waals surface area contributed by atoms with E-state index in [2.05, 4.69) is 36.4 Å². The average molecular weight is 527 g/mol. The number of hydrogen-bond acceptors (Lipinski definition) is 5. The maximum Gasteiger partial charge on any atom is 0.228 e. The van der Waals surface area contributed by atoms with E-state index < -0.39 is 0 Å². The van der Waals surface area contributed by atoms with Gasteiger partial charge in [-0.25, -0.2) is 19.9 Å². The summed E-state index contributed by atoms with van der Waals surface area (Å²) in [4.78, 5) is 20.1. The molecule has 0 spiro atoms. The molecular formula is C36H22N4O. The summed E-state index contributed by atoms with van der Waals surface area (Å²) in [5, 5.41) is 2.83. The predicted octanol–water partition coefficient (Wildman–Crippen LogP) is 8.99. The highest BCUT2D eigenvalue weighted by Crippen LogP contribution is 2.40. The molecule has 8 aromatic rings. The molecule has 8 rings (SSSR count). The van der Waals surface area contributed by atoms with Gasteiger partial charge in [0.05, 0.1) is 10.9 Å². The molecule has 0 amide bonds. The molecule has 0 unspecified atom stereocenters. The second kappa shape index (κ2) is 9.50. The van der Waals surface area contributed by atoms with Crippen molar-refractivity contribution in [1.29, 1.82) is 0 Å². The Morgan fingerprint density at radius 3 is 1.80 bits per heavy atom. The van der Waals surface area contributed by atoms with Gasteiger partial charge in [0.15, 0.2) is 17.5 Å². The van der Waals surface area contributed by atoms with Gasteiger partial charge in [0.25, 0.3) is 0 Å². The van der Waals surface area contributed by atoms with Crippen LogP contribution in [-0.2, 0) is 0 Å². The Bertz CT molecular complexity index is 2210. The minimum Gasteiger partial charge on any atom is -0.438 e. The fourth-order valence-electron chi connectivity index (χ4n) is 5.41. The number of nitrogens with zero attached hydrogens (tertiary/aromatic N) is 4. The summed E-state index contributed by atoms with van der Waals surface area (Å²) in [5.41, 5.74) is 7.12. The largest absolute Gasteiger partial charge is 0.438 e. The minimum atomic E-state index is 0.564. The van der Waals surface area contributed by atoms with Gasteiger partial charge >= 0.3 is 0 Å². The molecule has 0 atom stereocenters. The molecule has 0 aliphatic carbocycles. The smallest absolute Gasteiger partial charge is 0.228 e. The Morgan fingerprint density at radius 1 is 0.415 bits per heavy atom. The summed E-state index contributed by atoms with van der Waals surface area (Å²) in [5.74, 6) is 1.79. The summed E-state index contributed by atoms with van der Waals surface area (Å²) in [7, 11) is 0. The normalized spacial score (nSPS) is 11.4. The number of benzene rings is 5. The molecule has 5 aromatic carbocycles. The highest BCUT2D eigenvalue weighted by Gasteiger charge is 2.21. The predicted molar refractivity (Wildman–Crippen MR) is 164 cm³/mol. The summed E-state index contributed by atoms with van der Waals surface area (Å²) in [6.45, 7) is 0. The first-order valence-electron chi connectivity index (χ1n) is 13.5. The third-order valence-corrected chi connectivity index (χ3v) is 7.34. The summed E-state index contributed by atoms with van der Waals surface area (Å²) in [6, 6.07) is 44.8. The number of rotatable bonds is 4. The Balaban J connectivity index is 1.44. The van der Waals surface area contributed by atoms with Crippen LogP contribution in [0.5, 0.6) is 0 Å². The second-order valence-electron chi connectivity index (χ2n) is 9.90. The molecule has 0 aliphatic heterocycles. The number of furan rings is 1. The third-order valence-electron chi connectivity index (χ3n) is 7.34. The Hall–Kier alpha value is -5.68. The Kier molecular flexibility index (Phi) is 5.38. The SMILES string of the molecule is c1ccc(-c2cccc(-c3nc(-c4ccccc4)nc(-c4c5ccccc5nc5oc6ccccc6c45)n3)c2)cc1. The molecule has 0 bridgehead atoms. The first-order valence-corrected chi connectivity index (χ1v) is 13.5. The van der Waals surface area contributed by atoms with Crippen molar-refractivity contribution in [2.24, 2.45) is 0 Å². The van der Waals surface area contributed by atoms with E-state index >= 15 is 0 Å². The zero-order valence-electron chi connectivity index (χ0n) is 21.9. The van der Waals surface area contributed by atoms with Crippen LogP contribution in [0.25, 0.3) is 78.3 Å². The lowest BCUT2D eigenvalue weighted by atomic mass is 10.0. The first-order chi connectivity index (χ1) is 20.3. The molecule has 5 nitrogen and oxygen atoms in total. The van der Waals surface area contributed by atoms with Gasteiger partial charge in [-0.05, 0) is 29.3 Å². The molecule has 41 heavy (non-hydrogen) atoms. The minimum absolute atomic E-state index is 0.564. The van der Waals surface area contributed by atoms with Crippen molar-refractivity contribution >= 4 is 33.0 Å². The monoisotopic (exact) mass is 526 g/mol. The molecule has 0 N–H and O–H groups in total.